The van der Waals surface area contributed by atoms with Gasteiger partial charge in [-0.25, -0.2) is 9.40 Å². The molecule has 1 aliphatic rings. The first-order chi connectivity index (χ1) is 15.6. The molecule has 0 spiro atoms. The fourth-order valence-corrected chi connectivity index (χ4v) is 3.65. The van der Waals surface area contributed by atoms with Crippen LogP contribution in [-0.4, -0.2) is 48.3 Å². The molecule has 1 aliphatic heterocycles. The van der Waals surface area contributed by atoms with Gasteiger partial charge in [0.05, 0.1) is 36.5 Å². The average Bonchev–Trinajstić information content (AvgIpc) is 2.83. The number of nitrogens with one attached hydrogen (secondary N) is 1. The number of benzene rings is 2. The smallest absolute Gasteiger partial charge is 0.265 e. The van der Waals surface area contributed by atoms with Gasteiger partial charge in [0.25, 0.3) is 5.91 Å². The number of ether oxygens (including phenoxy) is 2. The third kappa shape index (κ3) is 4.92. The van der Waals surface area contributed by atoms with Crippen molar-refractivity contribution in [2.75, 3.05) is 26.3 Å². The zero-order valence-corrected chi connectivity index (χ0v) is 17.6. The maximum absolute atomic E-state index is 13.7. The van der Waals surface area contributed by atoms with Crippen LogP contribution in [0.4, 0.5) is 4.39 Å². The van der Waals surface area contributed by atoms with Gasteiger partial charge in [-0.3, -0.25) is 15.2 Å². The highest BCUT2D eigenvalue weighted by Crippen LogP contribution is 2.29. The lowest BCUT2D eigenvalue weighted by atomic mass is 10.0. The quantitative estimate of drug-likeness (QED) is 0.599. The van der Waals surface area contributed by atoms with Crippen LogP contribution in [0.3, 0.4) is 0 Å². The molecule has 7 nitrogen and oxygen atoms in total. The molecule has 0 saturated carbocycles. The number of halogens is 1. The molecule has 32 heavy (non-hydrogen) atoms. The summed E-state index contributed by atoms with van der Waals surface area (Å²) in [6, 6.07) is 14.8. The zero-order chi connectivity index (χ0) is 22.5. The second-order valence-electron chi connectivity index (χ2n) is 7.51. The number of hydrogen-bond acceptors (Lipinski definition) is 6. The first kappa shape index (κ1) is 21.8. The molecule has 2 aromatic carbocycles. The predicted octanol–water partition coefficient (Wildman–Crippen LogP) is 3.37. The van der Waals surface area contributed by atoms with Crippen molar-refractivity contribution in [3.8, 4) is 6.07 Å². The van der Waals surface area contributed by atoms with Crippen molar-refractivity contribution >= 4 is 16.8 Å². The SMILES string of the molecule is CCN(CC1COC(c2ccnc3ccc(F)cc23)CO1)NC(=O)c1ccc(C#N)cc1. The van der Waals surface area contributed by atoms with Crippen LogP contribution in [0.25, 0.3) is 10.9 Å². The van der Waals surface area contributed by atoms with Crippen LogP contribution in [0.5, 0.6) is 0 Å². The number of hydrazine groups is 1. The van der Waals surface area contributed by atoms with Crippen LogP contribution in [-0.2, 0) is 9.47 Å². The Kier molecular flexibility index (Phi) is 6.71. The van der Waals surface area contributed by atoms with Crippen molar-refractivity contribution < 1.29 is 18.7 Å². The Morgan fingerprint density at radius 1 is 1.22 bits per heavy atom. The molecule has 1 aromatic heterocycles. The molecule has 3 aromatic rings. The van der Waals surface area contributed by atoms with E-state index in [4.69, 9.17) is 14.7 Å². The minimum atomic E-state index is -0.321. The number of carbonyl (C=O) groups excluding carboxylic acids is 1. The van der Waals surface area contributed by atoms with Gasteiger partial charge in [0, 0.05) is 30.2 Å². The molecule has 164 valence electrons. The van der Waals surface area contributed by atoms with Crippen molar-refractivity contribution in [1.82, 2.24) is 15.4 Å². The molecular formula is C24H23FN4O3. The van der Waals surface area contributed by atoms with Crippen molar-refractivity contribution in [3.63, 3.8) is 0 Å². The van der Waals surface area contributed by atoms with E-state index >= 15 is 0 Å². The third-order valence-electron chi connectivity index (χ3n) is 5.39. The second kappa shape index (κ2) is 9.83. The maximum Gasteiger partial charge on any atom is 0.265 e. The van der Waals surface area contributed by atoms with Gasteiger partial charge >= 0.3 is 0 Å². The van der Waals surface area contributed by atoms with Crippen molar-refractivity contribution in [1.29, 1.82) is 5.26 Å². The van der Waals surface area contributed by atoms with E-state index in [0.717, 1.165) is 5.56 Å². The molecule has 8 heteroatoms. The fourth-order valence-electron chi connectivity index (χ4n) is 3.65. The molecule has 0 aliphatic carbocycles. The fraction of sp³-hybridized carbons (Fsp3) is 0.292. The Bertz CT molecular complexity index is 1140. The first-order valence-corrected chi connectivity index (χ1v) is 10.4. The number of fused-ring (bicyclic) bond motifs is 1. The minimum absolute atomic E-state index is 0.225. The van der Waals surface area contributed by atoms with Gasteiger partial charge in [0.15, 0.2) is 0 Å². The number of nitriles is 1. The highest BCUT2D eigenvalue weighted by atomic mass is 19.1. The summed E-state index contributed by atoms with van der Waals surface area (Å²) in [5.41, 5.74) is 5.39. The number of carbonyl (C=O) groups is 1. The lowest BCUT2D eigenvalue weighted by Crippen LogP contribution is -2.48. The summed E-state index contributed by atoms with van der Waals surface area (Å²) < 4.78 is 25.8. The molecule has 0 radical (unpaired) electrons. The summed E-state index contributed by atoms with van der Waals surface area (Å²) in [7, 11) is 0. The summed E-state index contributed by atoms with van der Waals surface area (Å²) in [6.45, 7) is 3.63. The molecule has 1 N–H and O–H groups in total. The van der Waals surface area contributed by atoms with E-state index in [1.54, 1.807) is 41.5 Å². The van der Waals surface area contributed by atoms with Crippen LogP contribution in [0, 0.1) is 17.1 Å². The molecule has 1 amide bonds. The van der Waals surface area contributed by atoms with Gasteiger partial charge in [-0.05, 0) is 54.1 Å². The second-order valence-corrected chi connectivity index (χ2v) is 7.51. The lowest BCUT2D eigenvalue weighted by molar-refractivity contribution is -0.142. The summed E-state index contributed by atoms with van der Waals surface area (Å²) >= 11 is 0. The first-order valence-electron chi connectivity index (χ1n) is 10.4. The Morgan fingerprint density at radius 3 is 2.72 bits per heavy atom. The standard InChI is InChI=1S/C24H23FN4O3/c1-2-29(28-24(30)17-5-3-16(12-26)4-6-17)13-19-14-32-23(15-31-19)20-9-10-27-22-8-7-18(25)11-21(20)22/h3-11,19,23H,2,13-15H2,1H3,(H,28,30). The zero-order valence-electron chi connectivity index (χ0n) is 17.6. The molecule has 4 rings (SSSR count). The van der Waals surface area contributed by atoms with Crippen LogP contribution in [0.15, 0.2) is 54.7 Å². The number of rotatable bonds is 6. The lowest BCUT2D eigenvalue weighted by Gasteiger charge is -2.33. The van der Waals surface area contributed by atoms with Gasteiger partial charge in [-0.2, -0.15) is 5.26 Å². The van der Waals surface area contributed by atoms with Gasteiger partial charge in [0.2, 0.25) is 0 Å². The monoisotopic (exact) mass is 434 g/mol. The van der Waals surface area contributed by atoms with Gasteiger partial charge in [-0.15, -0.1) is 0 Å². The van der Waals surface area contributed by atoms with Crippen molar-refractivity contribution in [3.05, 3.63) is 77.2 Å². The van der Waals surface area contributed by atoms with Crippen LogP contribution < -0.4 is 5.43 Å². The number of nitrogens with zero attached hydrogens (tertiary/aromatic N) is 3. The maximum atomic E-state index is 13.7. The molecular weight excluding hydrogens is 411 g/mol. The van der Waals surface area contributed by atoms with Crippen molar-refractivity contribution in [2.45, 2.75) is 19.1 Å². The molecule has 2 atom stereocenters. The normalized spacial score (nSPS) is 18.4. The minimum Gasteiger partial charge on any atom is -0.371 e. The van der Waals surface area contributed by atoms with Gasteiger partial charge < -0.3 is 9.47 Å². The highest BCUT2D eigenvalue weighted by molar-refractivity contribution is 5.93. The van der Waals surface area contributed by atoms with E-state index in [9.17, 15) is 9.18 Å². The van der Waals surface area contributed by atoms with E-state index in [2.05, 4.69) is 10.4 Å². The number of amides is 1. The summed E-state index contributed by atoms with van der Waals surface area (Å²) in [5.74, 6) is -0.575. The van der Waals surface area contributed by atoms with E-state index in [1.807, 2.05) is 19.1 Å². The summed E-state index contributed by atoms with van der Waals surface area (Å²) in [6.07, 6.45) is 1.14. The summed E-state index contributed by atoms with van der Waals surface area (Å²) in [5, 5.41) is 11.4. The Labute approximate surface area is 185 Å². The molecule has 1 fully saturated rings. The van der Waals surface area contributed by atoms with E-state index in [0.29, 0.717) is 48.3 Å². The van der Waals surface area contributed by atoms with E-state index in [1.165, 1.54) is 12.1 Å². The average molecular weight is 434 g/mol. The van der Waals surface area contributed by atoms with Gasteiger partial charge in [0.1, 0.15) is 11.9 Å². The largest absolute Gasteiger partial charge is 0.371 e. The molecule has 1 saturated heterocycles. The molecule has 0 bridgehead atoms. The molecule has 2 unspecified atom stereocenters. The Hall–Kier alpha value is -3.38. The third-order valence-corrected chi connectivity index (χ3v) is 5.39. The Balaban J connectivity index is 1.35. The van der Waals surface area contributed by atoms with Crippen LogP contribution >= 0.6 is 0 Å². The number of likely N-dealkylation sites (N-methyl/N-ethyl adjacent to an activating group) is 1. The van der Waals surface area contributed by atoms with Gasteiger partial charge in [-0.1, -0.05) is 6.92 Å². The molecule has 2 heterocycles. The topological polar surface area (TPSA) is 87.5 Å². The summed E-state index contributed by atoms with van der Waals surface area (Å²) in [4.78, 5) is 16.8. The van der Waals surface area contributed by atoms with E-state index in [-0.39, 0.29) is 23.9 Å². The number of aromatic nitrogens is 1. The highest BCUT2D eigenvalue weighted by Gasteiger charge is 2.27. The van der Waals surface area contributed by atoms with E-state index < -0.39 is 0 Å². The Morgan fingerprint density at radius 2 is 2.03 bits per heavy atom. The number of pyridine rings is 1. The van der Waals surface area contributed by atoms with Crippen LogP contribution in [0.2, 0.25) is 0 Å². The number of hydrogen-bond donors (Lipinski definition) is 1. The van der Waals surface area contributed by atoms with Crippen molar-refractivity contribution in [2.24, 2.45) is 0 Å². The predicted molar refractivity (Wildman–Crippen MR) is 116 cm³/mol. The van der Waals surface area contributed by atoms with Crippen LogP contribution in [0.1, 0.15) is 34.5 Å².